The molecule has 0 atom stereocenters. The van der Waals surface area contributed by atoms with E-state index in [-0.39, 0.29) is 5.41 Å². The molecule has 0 heterocycles. The van der Waals surface area contributed by atoms with Crippen molar-refractivity contribution in [2.45, 2.75) is 24.7 Å². The second-order valence-electron chi connectivity index (χ2n) is 18.4. The van der Waals surface area contributed by atoms with Crippen LogP contribution in [0.25, 0.3) is 66.8 Å². The van der Waals surface area contributed by atoms with Crippen molar-refractivity contribution in [2.24, 2.45) is 0 Å². The molecule has 0 fully saturated rings. The zero-order chi connectivity index (χ0) is 43.3. The molecular weight excluding hydrogens is 783 g/mol. The number of benzene rings is 10. The predicted octanol–water partition coefficient (Wildman–Crippen LogP) is 16.8. The third-order valence-electron chi connectivity index (χ3n) is 14.7. The largest absolute Gasteiger partial charge is 0.310 e. The smallest absolute Gasteiger partial charge is 0.0713 e. The zero-order valence-corrected chi connectivity index (χ0v) is 36.5. The van der Waals surface area contributed by atoms with E-state index in [2.05, 4.69) is 255 Å². The molecule has 0 spiro atoms. The molecule has 1 nitrogen and oxygen atoms in total. The van der Waals surface area contributed by atoms with Gasteiger partial charge in [-0.2, -0.15) is 0 Å². The highest BCUT2D eigenvalue weighted by Crippen LogP contribution is 2.57. The highest BCUT2D eigenvalue weighted by atomic mass is 15.1. The SMILES string of the molecule is CC1(C)c2ccccc2-c2ccc(N(c3ccc(C4(c5ccccc5)c5ccccc5-c5ccccc54)cc3)c3ccc4c(c3)-c3ccccc3-c3ccccc3-c3ccccc3-4)cc21. The first kappa shape index (κ1) is 37.5. The van der Waals surface area contributed by atoms with E-state index in [1.807, 2.05) is 0 Å². The van der Waals surface area contributed by atoms with Crippen LogP contribution in [0, 0.1) is 0 Å². The maximum atomic E-state index is 2.48. The van der Waals surface area contributed by atoms with Gasteiger partial charge in [-0.3, -0.25) is 0 Å². The maximum absolute atomic E-state index is 2.48. The van der Waals surface area contributed by atoms with Gasteiger partial charge in [-0.15, -0.1) is 0 Å². The van der Waals surface area contributed by atoms with Crippen LogP contribution < -0.4 is 4.90 Å². The summed E-state index contributed by atoms with van der Waals surface area (Å²) in [5.41, 5.74) is 25.8. The van der Waals surface area contributed by atoms with Crippen molar-refractivity contribution in [3.63, 3.8) is 0 Å². The van der Waals surface area contributed by atoms with Gasteiger partial charge in [-0.05, 0) is 137 Å². The summed E-state index contributed by atoms with van der Waals surface area (Å²) in [6.07, 6.45) is 0. The number of nitrogens with zero attached hydrogens (tertiary/aromatic N) is 1. The van der Waals surface area contributed by atoms with Crippen LogP contribution in [0.1, 0.15) is 47.2 Å². The molecule has 13 rings (SSSR count). The average Bonchev–Trinajstić information content (AvgIpc) is 3.79. The van der Waals surface area contributed by atoms with Crippen LogP contribution in [0.2, 0.25) is 0 Å². The van der Waals surface area contributed by atoms with E-state index < -0.39 is 5.41 Å². The molecule has 0 saturated carbocycles. The fourth-order valence-corrected chi connectivity index (χ4v) is 11.8. The van der Waals surface area contributed by atoms with Crippen molar-refractivity contribution in [1.82, 2.24) is 0 Å². The van der Waals surface area contributed by atoms with Gasteiger partial charge < -0.3 is 4.90 Å². The van der Waals surface area contributed by atoms with Gasteiger partial charge >= 0.3 is 0 Å². The van der Waals surface area contributed by atoms with E-state index in [4.69, 9.17) is 0 Å². The van der Waals surface area contributed by atoms with Crippen molar-refractivity contribution in [2.75, 3.05) is 4.90 Å². The molecular formula is C64H45N. The lowest BCUT2D eigenvalue weighted by molar-refractivity contribution is 0.660. The van der Waals surface area contributed by atoms with Gasteiger partial charge in [0.25, 0.3) is 0 Å². The van der Waals surface area contributed by atoms with Gasteiger partial charge in [0, 0.05) is 22.5 Å². The summed E-state index contributed by atoms with van der Waals surface area (Å²) in [5.74, 6) is 0. The Kier molecular flexibility index (Phi) is 8.24. The van der Waals surface area contributed by atoms with Crippen molar-refractivity contribution in [3.05, 3.63) is 270 Å². The normalized spacial score (nSPS) is 13.9. The minimum absolute atomic E-state index is 0.148. The van der Waals surface area contributed by atoms with Crippen LogP contribution in [-0.2, 0) is 10.8 Å². The molecule has 0 aromatic heterocycles. The highest BCUT2D eigenvalue weighted by molar-refractivity contribution is 6.04. The standard InChI is InChI=1S/C64H45N/c1-63(2)59-29-15-12-26-54(59)57-39-37-46(41-62(57)63)65(45-36-38-53-51-24-9-8-22-49(51)47-20-6-7-21-48(47)50-23-10-11-25-52(50)58(53)40-45)44-34-32-43(33-35-44)64(42-18-4-3-5-19-42)60-30-16-13-27-55(60)56-28-14-17-31-61(56)64/h3-41H,1-2H3. The number of hydrogen-bond acceptors (Lipinski definition) is 1. The van der Waals surface area contributed by atoms with Crippen LogP contribution in [-0.4, -0.2) is 0 Å². The van der Waals surface area contributed by atoms with Crippen molar-refractivity contribution in [1.29, 1.82) is 0 Å². The predicted molar refractivity (Wildman–Crippen MR) is 271 cm³/mol. The molecule has 306 valence electrons. The third-order valence-corrected chi connectivity index (χ3v) is 14.7. The average molecular weight is 828 g/mol. The molecule has 3 aliphatic rings. The number of anilines is 3. The summed E-state index contributed by atoms with van der Waals surface area (Å²) in [6, 6.07) is 88.5. The summed E-state index contributed by atoms with van der Waals surface area (Å²) in [5, 5.41) is 0. The van der Waals surface area contributed by atoms with E-state index in [9.17, 15) is 0 Å². The Bertz CT molecular complexity index is 3470. The minimum atomic E-state index is -0.475. The van der Waals surface area contributed by atoms with Crippen LogP contribution >= 0.6 is 0 Å². The second-order valence-corrected chi connectivity index (χ2v) is 18.4. The third kappa shape index (κ3) is 5.39. The molecule has 3 aliphatic carbocycles. The molecule has 0 N–H and O–H groups in total. The molecule has 0 aliphatic heterocycles. The van der Waals surface area contributed by atoms with Crippen LogP contribution in [0.5, 0.6) is 0 Å². The molecule has 0 unspecified atom stereocenters. The fraction of sp³-hybridized carbons (Fsp3) is 0.0625. The number of fused-ring (bicyclic) bond motifs is 14. The minimum Gasteiger partial charge on any atom is -0.310 e. The van der Waals surface area contributed by atoms with Gasteiger partial charge in [-0.25, -0.2) is 0 Å². The van der Waals surface area contributed by atoms with Crippen LogP contribution in [0.3, 0.4) is 0 Å². The summed E-state index contributed by atoms with van der Waals surface area (Å²) < 4.78 is 0. The topological polar surface area (TPSA) is 3.24 Å². The summed E-state index contributed by atoms with van der Waals surface area (Å²) in [4.78, 5) is 2.48. The Morgan fingerprint density at radius 2 is 0.585 bits per heavy atom. The zero-order valence-electron chi connectivity index (χ0n) is 36.5. The monoisotopic (exact) mass is 827 g/mol. The molecule has 0 amide bonds. The lowest BCUT2D eigenvalue weighted by atomic mass is 9.68. The van der Waals surface area contributed by atoms with Crippen LogP contribution in [0.15, 0.2) is 237 Å². The highest BCUT2D eigenvalue weighted by Gasteiger charge is 2.46. The molecule has 10 aromatic carbocycles. The Morgan fingerprint density at radius 3 is 1.11 bits per heavy atom. The maximum Gasteiger partial charge on any atom is 0.0713 e. The molecule has 0 saturated heterocycles. The van der Waals surface area contributed by atoms with Crippen molar-refractivity contribution >= 4 is 17.1 Å². The van der Waals surface area contributed by atoms with Gasteiger partial charge in [-0.1, -0.05) is 214 Å². The molecule has 10 aromatic rings. The van der Waals surface area contributed by atoms with Gasteiger partial charge in [0.2, 0.25) is 0 Å². The summed E-state index contributed by atoms with van der Waals surface area (Å²) in [6.45, 7) is 4.75. The number of rotatable bonds is 5. The van der Waals surface area contributed by atoms with Crippen molar-refractivity contribution in [3.8, 4) is 66.8 Å². The van der Waals surface area contributed by atoms with E-state index >= 15 is 0 Å². The first-order chi connectivity index (χ1) is 32.0. The van der Waals surface area contributed by atoms with Gasteiger partial charge in [0.1, 0.15) is 0 Å². The Labute approximate surface area is 381 Å². The van der Waals surface area contributed by atoms with Crippen LogP contribution in [0.4, 0.5) is 17.1 Å². The van der Waals surface area contributed by atoms with E-state index in [0.717, 1.165) is 17.1 Å². The summed E-state index contributed by atoms with van der Waals surface area (Å²) in [7, 11) is 0. The van der Waals surface area contributed by atoms with Gasteiger partial charge in [0.05, 0.1) is 5.41 Å². The second kappa shape index (κ2) is 14.3. The molecule has 0 bridgehead atoms. The Morgan fingerprint density at radius 1 is 0.246 bits per heavy atom. The fourth-order valence-electron chi connectivity index (χ4n) is 11.8. The lowest BCUT2D eigenvalue weighted by Crippen LogP contribution is -2.28. The Hall–Kier alpha value is -8.00. The number of hydrogen-bond donors (Lipinski definition) is 0. The lowest BCUT2D eigenvalue weighted by Gasteiger charge is -2.34. The molecule has 65 heavy (non-hydrogen) atoms. The molecule has 0 radical (unpaired) electrons. The quantitative estimate of drug-likeness (QED) is 0.167. The van der Waals surface area contributed by atoms with E-state index in [0.29, 0.717) is 0 Å². The Balaban J connectivity index is 1.04. The van der Waals surface area contributed by atoms with Crippen molar-refractivity contribution < 1.29 is 0 Å². The molecule has 1 heteroatoms. The first-order valence-electron chi connectivity index (χ1n) is 22.8. The van der Waals surface area contributed by atoms with E-state index in [1.165, 1.54) is 100 Å². The van der Waals surface area contributed by atoms with Gasteiger partial charge in [0.15, 0.2) is 0 Å². The summed E-state index contributed by atoms with van der Waals surface area (Å²) >= 11 is 0. The van der Waals surface area contributed by atoms with E-state index in [1.54, 1.807) is 0 Å². The first-order valence-corrected chi connectivity index (χ1v) is 22.8.